The zero-order valence-electron chi connectivity index (χ0n) is 14.6. The van der Waals surface area contributed by atoms with Crippen molar-refractivity contribution >= 4 is 23.4 Å². The van der Waals surface area contributed by atoms with Crippen LogP contribution in [0.4, 0.5) is 0 Å². The van der Waals surface area contributed by atoms with Gasteiger partial charge in [0.1, 0.15) is 5.38 Å². The summed E-state index contributed by atoms with van der Waals surface area (Å²) in [5.74, 6) is 0.712. The molecule has 0 aromatic heterocycles. The van der Waals surface area contributed by atoms with Gasteiger partial charge < -0.3 is 14.7 Å². The lowest BCUT2D eigenvalue weighted by Gasteiger charge is -2.37. The van der Waals surface area contributed by atoms with Crippen molar-refractivity contribution in [3.8, 4) is 0 Å². The average Bonchev–Trinajstić information content (AvgIpc) is 2.54. The third-order valence-electron chi connectivity index (χ3n) is 5.28. The number of amides is 2. The SMILES string of the molecule is CC(Cl)C(=O)N1CCC(CC(=O)N2CCC(N(C)C)CC2)CC1. The topological polar surface area (TPSA) is 43.9 Å². The van der Waals surface area contributed by atoms with E-state index < -0.39 is 5.38 Å². The molecule has 0 spiro atoms. The number of rotatable bonds is 4. The van der Waals surface area contributed by atoms with Crippen LogP contribution < -0.4 is 0 Å². The molecule has 2 aliphatic rings. The smallest absolute Gasteiger partial charge is 0.240 e. The number of hydrogen-bond acceptors (Lipinski definition) is 3. The first kappa shape index (κ1) is 18.5. The van der Waals surface area contributed by atoms with Crippen LogP contribution in [-0.4, -0.2) is 78.2 Å². The van der Waals surface area contributed by atoms with Crippen molar-refractivity contribution < 1.29 is 9.59 Å². The van der Waals surface area contributed by atoms with Gasteiger partial charge in [0.2, 0.25) is 11.8 Å². The molecule has 0 aliphatic carbocycles. The molecule has 0 radical (unpaired) electrons. The molecule has 5 nitrogen and oxygen atoms in total. The van der Waals surface area contributed by atoms with Crippen LogP contribution in [0.25, 0.3) is 0 Å². The normalized spacial score (nSPS) is 22.5. The molecule has 1 atom stereocenters. The van der Waals surface area contributed by atoms with Crippen LogP contribution >= 0.6 is 11.6 Å². The highest BCUT2D eigenvalue weighted by molar-refractivity contribution is 6.30. The highest BCUT2D eigenvalue weighted by atomic mass is 35.5. The number of nitrogens with zero attached hydrogens (tertiary/aromatic N) is 3. The van der Waals surface area contributed by atoms with Gasteiger partial charge in [-0.2, -0.15) is 0 Å². The van der Waals surface area contributed by atoms with Gasteiger partial charge in [-0.25, -0.2) is 0 Å². The van der Waals surface area contributed by atoms with Crippen molar-refractivity contribution in [1.82, 2.24) is 14.7 Å². The summed E-state index contributed by atoms with van der Waals surface area (Å²) in [7, 11) is 4.22. The van der Waals surface area contributed by atoms with E-state index in [0.29, 0.717) is 18.4 Å². The summed E-state index contributed by atoms with van der Waals surface area (Å²) in [6.07, 6.45) is 4.59. The third-order valence-corrected chi connectivity index (χ3v) is 5.46. The van der Waals surface area contributed by atoms with Crippen LogP contribution in [0, 0.1) is 5.92 Å². The second kappa shape index (κ2) is 8.34. The highest BCUT2D eigenvalue weighted by Gasteiger charge is 2.29. The quantitative estimate of drug-likeness (QED) is 0.731. The molecule has 6 heteroatoms. The summed E-state index contributed by atoms with van der Waals surface area (Å²) in [6.45, 7) is 4.94. The second-order valence-electron chi connectivity index (χ2n) is 7.16. The zero-order chi connectivity index (χ0) is 17.0. The molecular formula is C17H30ClN3O2. The van der Waals surface area contributed by atoms with Gasteiger partial charge in [-0.3, -0.25) is 9.59 Å². The Labute approximate surface area is 144 Å². The van der Waals surface area contributed by atoms with Crippen LogP contribution in [0.3, 0.4) is 0 Å². The van der Waals surface area contributed by atoms with E-state index in [1.165, 1.54) is 0 Å². The van der Waals surface area contributed by atoms with Gasteiger partial charge in [0, 0.05) is 38.6 Å². The standard InChI is InChI=1S/C17H30ClN3O2/c1-13(18)17(23)21-8-4-14(5-9-21)12-16(22)20-10-6-15(7-11-20)19(2)3/h13-15H,4-12H2,1-3H3. The number of carbonyl (C=O) groups is 2. The van der Waals surface area contributed by atoms with Gasteiger partial charge in [0.25, 0.3) is 0 Å². The predicted octanol–water partition coefficient (Wildman–Crippen LogP) is 1.79. The molecule has 2 aliphatic heterocycles. The molecule has 0 saturated carbocycles. The van der Waals surface area contributed by atoms with E-state index in [0.717, 1.165) is 51.9 Å². The van der Waals surface area contributed by atoms with Crippen LogP contribution in [0.15, 0.2) is 0 Å². The van der Waals surface area contributed by atoms with E-state index in [1.807, 2.05) is 9.80 Å². The van der Waals surface area contributed by atoms with E-state index in [4.69, 9.17) is 11.6 Å². The lowest BCUT2D eigenvalue weighted by molar-refractivity contribution is -0.134. The Morgan fingerprint density at radius 2 is 1.57 bits per heavy atom. The maximum atomic E-state index is 12.5. The van der Waals surface area contributed by atoms with Crippen LogP contribution in [0.2, 0.25) is 0 Å². The van der Waals surface area contributed by atoms with Gasteiger partial charge in [0.05, 0.1) is 0 Å². The first-order valence-corrected chi connectivity index (χ1v) is 9.19. The van der Waals surface area contributed by atoms with E-state index in [9.17, 15) is 9.59 Å². The van der Waals surface area contributed by atoms with Gasteiger partial charge >= 0.3 is 0 Å². The molecule has 132 valence electrons. The molecule has 2 fully saturated rings. The Hall–Kier alpha value is -0.810. The van der Waals surface area contributed by atoms with E-state index >= 15 is 0 Å². The van der Waals surface area contributed by atoms with E-state index in [2.05, 4.69) is 19.0 Å². The minimum absolute atomic E-state index is 0.0159. The Kier molecular flexibility index (Phi) is 6.72. The molecule has 2 heterocycles. The summed E-state index contributed by atoms with van der Waals surface area (Å²) in [6, 6.07) is 0.603. The van der Waals surface area contributed by atoms with Gasteiger partial charge in [-0.05, 0) is 52.6 Å². The lowest BCUT2D eigenvalue weighted by atomic mass is 9.92. The van der Waals surface area contributed by atoms with Crippen LogP contribution in [-0.2, 0) is 9.59 Å². The maximum absolute atomic E-state index is 12.5. The largest absolute Gasteiger partial charge is 0.343 e. The fourth-order valence-electron chi connectivity index (χ4n) is 3.62. The Bertz CT molecular complexity index is 412. The van der Waals surface area contributed by atoms with E-state index in [1.54, 1.807) is 6.92 Å². The van der Waals surface area contributed by atoms with Crippen LogP contribution in [0.1, 0.15) is 39.0 Å². The third kappa shape index (κ3) is 5.08. The molecule has 1 unspecified atom stereocenters. The molecule has 0 aromatic carbocycles. The molecule has 2 saturated heterocycles. The fraction of sp³-hybridized carbons (Fsp3) is 0.882. The molecule has 0 aromatic rings. The molecular weight excluding hydrogens is 314 g/mol. The Morgan fingerprint density at radius 3 is 2.04 bits per heavy atom. The number of halogens is 1. The summed E-state index contributed by atoms with van der Waals surface area (Å²) < 4.78 is 0. The minimum atomic E-state index is -0.453. The summed E-state index contributed by atoms with van der Waals surface area (Å²) in [5.41, 5.74) is 0. The van der Waals surface area contributed by atoms with Crippen molar-refractivity contribution in [1.29, 1.82) is 0 Å². The fourth-order valence-corrected chi connectivity index (χ4v) is 3.75. The molecule has 2 amide bonds. The van der Waals surface area contributed by atoms with Gasteiger partial charge in [-0.15, -0.1) is 11.6 Å². The number of alkyl halides is 1. The summed E-state index contributed by atoms with van der Waals surface area (Å²) in [5, 5.41) is -0.453. The minimum Gasteiger partial charge on any atom is -0.343 e. The lowest BCUT2D eigenvalue weighted by Crippen LogP contribution is -2.46. The molecule has 2 rings (SSSR count). The monoisotopic (exact) mass is 343 g/mol. The van der Waals surface area contributed by atoms with Crippen molar-refractivity contribution in [3.63, 3.8) is 0 Å². The Morgan fingerprint density at radius 1 is 1.04 bits per heavy atom. The van der Waals surface area contributed by atoms with Crippen LogP contribution in [0.5, 0.6) is 0 Å². The zero-order valence-corrected chi connectivity index (χ0v) is 15.4. The first-order valence-electron chi connectivity index (χ1n) is 8.75. The number of likely N-dealkylation sites (tertiary alicyclic amines) is 2. The van der Waals surface area contributed by atoms with Crippen molar-refractivity contribution in [2.45, 2.75) is 50.4 Å². The van der Waals surface area contributed by atoms with Crippen molar-refractivity contribution in [2.75, 3.05) is 40.3 Å². The molecule has 23 heavy (non-hydrogen) atoms. The first-order chi connectivity index (χ1) is 10.9. The number of piperidine rings is 2. The molecule has 0 N–H and O–H groups in total. The summed E-state index contributed by atoms with van der Waals surface area (Å²) in [4.78, 5) is 30.5. The number of carbonyl (C=O) groups excluding carboxylic acids is 2. The van der Waals surface area contributed by atoms with Crippen molar-refractivity contribution in [3.05, 3.63) is 0 Å². The average molecular weight is 344 g/mol. The van der Waals surface area contributed by atoms with Crippen molar-refractivity contribution in [2.24, 2.45) is 5.92 Å². The van der Waals surface area contributed by atoms with Gasteiger partial charge in [0.15, 0.2) is 0 Å². The number of hydrogen-bond donors (Lipinski definition) is 0. The predicted molar refractivity (Wildman–Crippen MR) is 92.5 cm³/mol. The maximum Gasteiger partial charge on any atom is 0.240 e. The van der Waals surface area contributed by atoms with Gasteiger partial charge in [-0.1, -0.05) is 0 Å². The second-order valence-corrected chi connectivity index (χ2v) is 7.82. The Balaban J connectivity index is 1.72. The molecule has 0 bridgehead atoms. The summed E-state index contributed by atoms with van der Waals surface area (Å²) >= 11 is 5.86. The highest BCUT2D eigenvalue weighted by Crippen LogP contribution is 2.24. The van der Waals surface area contributed by atoms with E-state index in [-0.39, 0.29) is 11.8 Å².